The Morgan fingerprint density at radius 2 is 2.12 bits per heavy atom. The molecule has 2 N–H and O–H groups in total. The Kier molecular flexibility index (Phi) is 2.95. The van der Waals surface area contributed by atoms with E-state index in [1.807, 2.05) is 0 Å². The van der Waals surface area contributed by atoms with Crippen LogP contribution in [0.2, 0.25) is 0 Å². The Bertz CT molecular complexity index is 433. The number of hydrogen-bond acceptors (Lipinski definition) is 4. The summed E-state index contributed by atoms with van der Waals surface area (Å²) in [5, 5.41) is 3.93. The Morgan fingerprint density at radius 3 is 2.62 bits per heavy atom. The van der Waals surface area contributed by atoms with E-state index in [-0.39, 0.29) is 5.91 Å². The van der Waals surface area contributed by atoms with Crippen LogP contribution in [0.3, 0.4) is 0 Å². The molecule has 1 aromatic rings. The van der Waals surface area contributed by atoms with E-state index in [1.165, 1.54) is 10.9 Å². The van der Waals surface area contributed by atoms with E-state index in [4.69, 9.17) is 5.73 Å². The summed E-state index contributed by atoms with van der Waals surface area (Å²) in [5.74, 6) is 1.34. The largest absolute Gasteiger partial charge is 0.383 e. The molecule has 0 atom stereocenters. The smallest absolute Gasteiger partial charge is 0.259 e. The maximum atomic E-state index is 12.0. The van der Waals surface area contributed by atoms with Crippen molar-refractivity contribution < 1.29 is 9.00 Å². The average molecular weight is 242 g/mol. The fourth-order valence-electron chi connectivity index (χ4n) is 1.62. The van der Waals surface area contributed by atoms with Crippen LogP contribution in [0.15, 0.2) is 6.20 Å². The molecule has 0 saturated carbocycles. The van der Waals surface area contributed by atoms with E-state index >= 15 is 0 Å². The third-order valence-electron chi connectivity index (χ3n) is 2.68. The molecule has 6 nitrogen and oxygen atoms in total. The molecule has 1 aliphatic heterocycles. The zero-order chi connectivity index (χ0) is 11.7. The molecule has 16 heavy (non-hydrogen) atoms. The molecule has 1 fully saturated rings. The van der Waals surface area contributed by atoms with Gasteiger partial charge in [-0.25, -0.2) is 0 Å². The predicted octanol–water partition coefficient (Wildman–Crippen LogP) is -0.793. The molecule has 1 amide bonds. The zero-order valence-corrected chi connectivity index (χ0v) is 9.87. The first kappa shape index (κ1) is 11.1. The van der Waals surface area contributed by atoms with E-state index in [2.05, 4.69) is 5.10 Å². The van der Waals surface area contributed by atoms with Gasteiger partial charge in [0.15, 0.2) is 0 Å². The molecule has 1 aliphatic rings. The summed E-state index contributed by atoms with van der Waals surface area (Å²) in [4.78, 5) is 13.7. The van der Waals surface area contributed by atoms with Gasteiger partial charge in [-0.15, -0.1) is 0 Å². The van der Waals surface area contributed by atoms with Crippen molar-refractivity contribution in [1.82, 2.24) is 14.7 Å². The minimum Gasteiger partial charge on any atom is -0.383 e. The summed E-state index contributed by atoms with van der Waals surface area (Å²) >= 11 is 0. The number of aromatic nitrogens is 2. The van der Waals surface area contributed by atoms with Crippen LogP contribution >= 0.6 is 0 Å². The molecular weight excluding hydrogens is 228 g/mol. The van der Waals surface area contributed by atoms with Crippen LogP contribution in [-0.2, 0) is 17.8 Å². The van der Waals surface area contributed by atoms with Crippen molar-refractivity contribution in [3.8, 4) is 0 Å². The fourth-order valence-corrected chi connectivity index (χ4v) is 2.68. The third-order valence-corrected chi connectivity index (χ3v) is 3.96. The number of nitrogen functional groups attached to an aromatic ring is 1. The van der Waals surface area contributed by atoms with Gasteiger partial charge >= 0.3 is 0 Å². The molecule has 0 unspecified atom stereocenters. The highest BCUT2D eigenvalue weighted by atomic mass is 32.2. The molecule has 7 heteroatoms. The van der Waals surface area contributed by atoms with Gasteiger partial charge in [-0.1, -0.05) is 0 Å². The molecular formula is C9H14N4O2S. The van der Waals surface area contributed by atoms with Crippen molar-refractivity contribution in [2.45, 2.75) is 0 Å². The van der Waals surface area contributed by atoms with Gasteiger partial charge in [0.05, 0.1) is 6.20 Å². The van der Waals surface area contributed by atoms with Crippen LogP contribution in [-0.4, -0.2) is 49.4 Å². The van der Waals surface area contributed by atoms with Crippen molar-refractivity contribution in [1.29, 1.82) is 0 Å². The average Bonchev–Trinajstić information content (AvgIpc) is 2.60. The van der Waals surface area contributed by atoms with E-state index in [0.29, 0.717) is 36.0 Å². The van der Waals surface area contributed by atoms with Gasteiger partial charge in [-0.3, -0.25) is 13.7 Å². The highest BCUT2D eigenvalue weighted by molar-refractivity contribution is 7.85. The molecule has 2 heterocycles. The lowest BCUT2D eigenvalue weighted by molar-refractivity contribution is 0.0772. The summed E-state index contributed by atoms with van der Waals surface area (Å²) in [5.41, 5.74) is 6.16. The zero-order valence-electron chi connectivity index (χ0n) is 9.05. The van der Waals surface area contributed by atoms with Gasteiger partial charge in [0.25, 0.3) is 5.91 Å². The van der Waals surface area contributed by atoms with Crippen LogP contribution in [0, 0.1) is 0 Å². The Hall–Kier alpha value is -1.37. The third kappa shape index (κ3) is 1.95. The van der Waals surface area contributed by atoms with Crippen molar-refractivity contribution >= 4 is 22.5 Å². The van der Waals surface area contributed by atoms with Crippen LogP contribution < -0.4 is 5.73 Å². The molecule has 1 aromatic heterocycles. The first-order chi connectivity index (χ1) is 7.59. The number of nitrogens with two attached hydrogens (primary N) is 1. The molecule has 2 rings (SSSR count). The van der Waals surface area contributed by atoms with Crippen molar-refractivity contribution in [3.63, 3.8) is 0 Å². The number of anilines is 1. The normalized spacial score (nSPS) is 17.7. The van der Waals surface area contributed by atoms with Crippen LogP contribution in [0.4, 0.5) is 5.82 Å². The summed E-state index contributed by atoms with van der Waals surface area (Å²) < 4.78 is 12.6. The monoisotopic (exact) mass is 242 g/mol. The summed E-state index contributed by atoms with van der Waals surface area (Å²) in [6, 6.07) is 0. The molecule has 0 aromatic carbocycles. The van der Waals surface area contributed by atoms with E-state index in [0.717, 1.165) is 0 Å². The summed E-state index contributed by atoms with van der Waals surface area (Å²) in [7, 11) is 0.912. The Labute approximate surface area is 95.9 Å². The van der Waals surface area contributed by atoms with Gasteiger partial charge in [0, 0.05) is 42.4 Å². The first-order valence-electron chi connectivity index (χ1n) is 5.01. The maximum absolute atomic E-state index is 12.0. The first-order valence-corrected chi connectivity index (χ1v) is 6.50. The van der Waals surface area contributed by atoms with E-state index in [1.54, 1.807) is 11.9 Å². The lowest BCUT2D eigenvalue weighted by atomic mass is 10.3. The number of hydrogen-bond donors (Lipinski definition) is 1. The van der Waals surface area contributed by atoms with E-state index < -0.39 is 10.8 Å². The number of aryl methyl sites for hydroxylation is 1. The van der Waals surface area contributed by atoms with Crippen molar-refractivity contribution in [2.75, 3.05) is 30.3 Å². The number of carbonyl (C=O) groups excluding carboxylic acids is 1. The fraction of sp³-hybridized carbons (Fsp3) is 0.556. The van der Waals surface area contributed by atoms with Gasteiger partial charge in [0.1, 0.15) is 11.4 Å². The Balaban J connectivity index is 2.13. The summed E-state index contributed by atoms with van der Waals surface area (Å²) in [6.07, 6.45) is 1.48. The minimum atomic E-state index is -0.780. The molecule has 0 bridgehead atoms. The van der Waals surface area contributed by atoms with Crippen LogP contribution in [0.5, 0.6) is 0 Å². The molecule has 88 valence electrons. The van der Waals surface area contributed by atoms with Crippen LogP contribution in [0.25, 0.3) is 0 Å². The summed E-state index contributed by atoms with van der Waals surface area (Å²) in [6.45, 7) is 1.06. The minimum absolute atomic E-state index is 0.123. The number of nitrogens with zero attached hydrogens (tertiary/aromatic N) is 3. The van der Waals surface area contributed by atoms with Gasteiger partial charge in [0.2, 0.25) is 0 Å². The maximum Gasteiger partial charge on any atom is 0.259 e. The van der Waals surface area contributed by atoms with Gasteiger partial charge < -0.3 is 10.6 Å². The standard InChI is InChI=1S/C9H14N4O2S/c1-12-8(10)7(6-11-12)9(14)13-2-4-16(15)5-3-13/h6H,2-5,10H2,1H3. The highest BCUT2D eigenvalue weighted by Gasteiger charge is 2.24. The molecule has 0 spiro atoms. The van der Waals surface area contributed by atoms with Crippen molar-refractivity contribution in [2.24, 2.45) is 7.05 Å². The second kappa shape index (κ2) is 4.25. The quantitative estimate of drug-likeness (QED) is 0.699. The lowest BCUT2D eigenvalue weighted by Crippen LogP contribution is -2.41. The predicted molar refractivity (Wildman–Crippen MR) is 61.4 cm³/mol. The second-order valence-electron chi connectivity index (χ2n) is 3.71. The number of amides is 1. The SMILES string of the molecule is Cn1ncc(C(=O)N2CCS(=O)CC2)c1N. The molecule has 0 radical (unpaired) electrons. The lowest BCUT2D eigenvalue weighted by Gasteiger charge is -2.26. The van der Waals surface area contributed by atoms with E-state index in [9.17, 15) is 9.00 Å². The number of rotatable bonds is 1. The Morgan fingerprint density at radius 1 is 1.50 bits per heavy atom. The molecule has 1 saturated heterocycles. The highest BCUT2D eigenvalue weighted by Crippen LogP contribution is 2.14. The van der Waals surface area contributed by atoms with Crippen molar-refractivity contribution in [3.05, 3.63) is 11.8 Å². The molecule has 0 aliphatic carbocycles. The van der Waals surface area contributed by atoms with Crippen LogP contribution in [0.1, 0.15) is 10.4 Å². The number of carbonyl (C=O) groups is 1. The van der Waals surface area contributed by atoms with Gasteiger partial charge in [-0.2, -0.15) is 5.10 Å². The second-order valence-corrected chi connectivity index (χ2v) is 5.40. The van der Waals surface area contributed by atoms with Gasteiger partial charge in [-0.05, 0) is 0 Å². The topological polar surface area (TPSA) is 81.2 Å².